The monoisotopic (exact) mass is 476 g/mol. The fourth-order valence-electron chi connectivity index (χ4n) is 5.61. The van der Waals surface area contributed by atoms with Gasteiger partial charge in [0.2, 0.25) is 0 Å². The van der Waals surface area contributed by atoms with Crippen LogP contribution in [0.25, 0.3) is 0 Å². The van der Waals surface area contributed by atoms with E-state index in [0.717, 1.165) is 38.6 Å². The van der Waals surface area contributed by atoms with Crippen LogP contribution in [0, 0.1) is 11.8 Å². The minimum absolute atomic E-state index is 0.245. The van der Waals surface area contributed by atoms with Gasteiger partial charge in [0.05, 0.1) is 16.9 Å². The number of hydrogen-bond acceptors (Lipinski definition) is 5. The molecule has 1 saturated heterocycles. The summed E-state index contributed by atoms with van der Waals surface area (Å²) in [4.78, 5) is 34.4. The van der Waals surface area contributed by atoms with Gasteiger partial charge in [0, 0.05) is 25.8 Å². The van der Waals surface area contributed by atoms with Crippen LogP contribution in [0.3, 0.4) is 0 Å². The van der Waals surface area contributed by atoms with Gasteiger partial charge in [-0.1, -0.05) is 31.4 Å². The van der Waals surface area contributed by atoms with Gasteiger partial charge in [0.1, 0.15) is 0 Å². The molecule has 35 heavy (non-hydrogen) atoms. The van der Waals surface area contributed by atoms with Crippen LogP contribution in [-0.2, 0) is 0 Å². The molecular weight excluding hydrogens is 440 g/mol. The van der Waals surface area contributed by atoms with Gasteiger partial charge in [-0.15, -0.1) is 0 Å². The zero-order valence-corrected chi connectivity index (χ0v) is 20.3. The number of anilines is 3. The lowest BCUT2D eigenvalue weighted by atomic mass is 9.89. The van der Waals surface area contributed by atoms with Crippen LogP contribution < -0.4 is 20.9 Å². The van der Waals surface area contributed by atoms with E-state index in [1.807, 2.05) is 6.07 Å². The lowest BCUT2D eigenvalue weighted by Crippen LogP contribution is -2.41. The molecule has 0 radical (unpaired) electrons. The molecule has 8 heteroatoms. The summed E-state index contributed by atoms with van der Waals surface area (Å²) in [5.74, 6) is 1.73. The van der Waals surface area contributed by atoms with Crippen molar-refractivity contribution in [1.82, 2.24) is 20.5 Å². The van der Waals surface area contributed by atoms with Crippen LogP contribution in [0.2, 0.25) is 0 Å². The summed E-state index contributed by atoms with van der Waals surface area (Å²) >= 11 is 0. The molecule has 8 nitrogen and oxygen atoms in total. The highest BCUT2D eigenvalue weighted by Crippen LogP contribution is 2.36. The molecule has 3 amide bonds. The van der Waals surface area contributed by atoms with Crippen LogP contribution in [0.5, 0.6) is 0 Å². The Morgan fingerprint density at radius 2 is 1.86 bits per heavy atom. The maximum Gasteiger partial charge on any atom is 0.327 e. The number of hydrogen-bond donors (Lipinski definition) is 3. The van der Waals surface area contributed by atoms with Gasteiger partial charge in [-0.3, -0.25) is 4.79 Å². The van der Waals surface area contributed by atoms with Crippen LogP contribution in [0.4, 0.5) is 22.0 Å². The van der Waals surface area contributed by atoms with Gasteiger partial charge in [-0.05, 0) is 75.0 Å². The minimum atomic E-state index is -0.279. The average molecular weight is 477 g/mol. The maximum atomic E-state index is 13.3. The van der Waals surface area contributed by atoms with Gasteiger partial charge >= 0.3 is 6.03 Å². The van der Waals surface area contributed by atoms with Crippen molar-refractivity contribution in [3.8, 4) is 0 Å². The molecule has 3 N–H and O–H groups in total. The fraction of sp³-hybridized carbons (Fsp3) is 0.519. The number of benzene rings is 1. The van der Waals surface area contributed by atoms with Crippen molar-refractivity contribution in [2.45, 2.75) is 38.5 Å². The molecule has 2 aromatic rings. The normalized spacial score (nSPS) is 20.6. The molecule has 5 rings (SSSR count). The second-order valence-electron chi connectivity index (χ2n) is 10.0. The first-order valence-electron chi connectivity index (χ1n) is 13.1. The SMILES string of the molecule is O=C1Nc2cccnc2N(C(=O)NCCN2CCC(CNCC3CCCCC3)C2)c2ccccc21. The predicted octanol–water partition coefficient (Wildman–Crippen LogP) is 3.99. The second kappa shape index (κ2) is 11.2. The molecule has 1 atom stereocenters. The van der Waals surface area contributed by atoms with E-state index < -0.39 is 0 Å². The number of urea groups is 1. The Bertz CT molecular complexity index is 1040. The van der Waals surface area contributed by atoms with E-state index in [1.54, 1.807) is 36.5 Å². The number of carbonyl (C=O) groups excluding carboxylic acids is 2. The first-order chi connectivity index (χ1) is 17.2. The number of likely N-dealkylation sites (tertiary alicyclic amines) is 1. The number of nitrogens with one attached hydrogen (secondary N) is 3. The summed E-state index contributed by atoms with van der Waals surface area (Å²) in [6, 6.07) is 10.4. The van der Waals surface area contributed by atoms with Gasteiger partial charge in [0.15, 0.2) is 5.82 Å². The summed E-state index contributed by atoms with van der Waals surface area (Å²) in [7, 11) is 0. The molecule has 1 saturated carbocycles. The van der Waals surface area contributed by atoms with Crippen molar-refractivity contribution < 1.29 is 9.59 Å². The molecule has 2 aliphatic heterocycles. The molecule has 0 spiro atoms. The summed E-state index contributed by atoms with van der Waals surface area (Å²) in [5.41, 5.74) is 1.50. The molecule has 0 bridgehead atoms. The van der Waals surface area contributed by atoms with Crippen LogP contribution in [0.15, 0.2) is 42.6 Å². The zero-order chi connectivity index (χ0) is 24.0. The number of rotatable bonds is 7. The fourth-order valence-corrected chi connectivity index (χ4v) is 5.61. The number of carbonyl (C=O) groups is 2. The van der Waals surface area contributed by atoms with Crippen LogP contribution >= 0.6 is 0 Å². The third-order valence-electron chi connectivity index (χ3n) is 7.50. The van der Waals surface area contributed by atoms with Crippen molar-refractivity contribution in [3.05, 3.63) is 48.2 Å². The van der Waals surface area contributed by atoms with Crippen LogP contribution in [0.1, 0.15) is 48.9 Å². The Morgan fingerprint density at radius 1 is 1.03 bits per heavy atom. The highest BCUT2D eigenvalue weighted by molar-refractivity contribution is 6.16. The predicted molar refractivity (Wildman–Crippen MR) is 138 cm³/mol. The maximum absolute atomic E-state index is 13.3. The lowest BCUT2D eigenvalue weighted by molar-refractivity contribution is 0.102. The minimum Gasteiger partial charge on any atom is -0.336 e. The zero-order valence-electron chi connectivity index (χ0n) is 20.3. The van der Waals surface area contributed by atoms with Crippen molar-refractivity contribution in [3.63, 3.8) is 0 Å². The number of nitrogens with zero attached hydrogens (tertiary/aromatic N) is 3. The largest absolute Gasteiger partial charge is 0.336 e. The lowest BCUT2D eigenvalue weighted by Gasteiger charge is -2.24. The quantitative estimate of drug-likeness (QED) is 0.562. The average Bonchev–Trinajstić information content (AvgIpc) is 3.28. The third kappa shape index (κ3) is 5.65. The number of aromatic nitrogens is 1. The van der Waals surface area contributed by atoms with Crippen molar-refractivity contribution in [2.75, 3.05) is 49.5 Å². The van der Waals surface area contributed by atoms with Gasteiger partial charge in [0.25, 0.3) is 5.91 Å². The molecule has 2 fully saturated rings. The van der Waals surface area contributed by atoms with Gasteiger partial charge < -0.3 is 20.9 Å². The Hall–Kier alpha value is -2.97. The number of pyridine rings is 1. The first-order valence-corrected chi connectivity index (χ1v) is 13.1. The summed E-state index contributed by atoms with van der Waals surface area (Å²) in [6.45, 7) is 5.75. The Kier molecular flexibility index (Phi) is 7.59. The molecule has 1 aliphatic carbocycles. The summed E-state index contributed by atoms with van der Waals surface area (Å²) in [6.07, 6.45) is 9.80. The second-order valence-corrected chi connectivity index (χ2v) is 10.0. The number of fused-ring (bicyclic) bond motifs is 2. The van der Waals surface area contributed by atoms with Gasteiger partial charge in [-0.2, -0.15) is 0 Å². The van der Waals surface area contributed by atoms with Crippen molar-refractivity contribution in [2.24, 2.45) is 11.8 Å². The van der Waals surface area contributed by atoms with Crippen molar-refractivity contribution in [1.29, 1.82) is 0 Å². The van der Waals surface area contributed by atoms with E-state index >= 15 is 0 Å². The van der Waals surface area contributed by atoms with E-state index in [-0.39, 0.29) is 11.9 Å². The molecule has 1 aromatic carbocycles. The Morgan fingerprint density at radius 3 is 2.74 bits per heavy atom. The summed E-state index contributed by atoms with van der Waals surface area (Å²) < 4.78 is 0. The number of amides is 3. The number of para-hydroxylation sites is 1. The summed E-state index contributed by atoms with van der Waals surface area (Å²) in [5, 5.41) is 9.64. The van der Waals surface area contributed by atoms with Crippen LogP contribution in [-0.4, -0.2) is 61.1 Å². The molecule has 3 heterocycles. The molecule has 186 valence electrons. The Labute approximate surface area is 207 Å². The van der Waals surface area contributed by atoms with E-state index in [0.29, 0.717) is 35.2 Å². The first kappa shape index (κ1) is 23.8. The molecule has 1 unspecified atom stereocenters. The Balaban J connectivity index is 1.13. The third-order valence-corrected chi connectivity index (χ3v) is 7.50. The van der Waals surface area contributed by atoms with E-state index in [4.69, 9.17) is 0 Å². The molecule has 3 aliphatic rings. The van der Waals surface area contributed by atoms with E-state index in [9.17, 15) is 9.59 Å². The van der Waals surface area contributed by atoms with E-state index in [1.165, 1.54) is 43.4 Å². The standard InChI is InChI=1S/C27H36N6O2/c34-26-22-9-4-5-11-24(22)33(25-23(31-26)10-6-13-29-25)27(35)30-14-16-32-15-12-21(19-32)18-28-17-20-7-2-1-3-8-20/h4-6,9-11,13,20-21,28H,1-3,7-8,12,14-19H2,(H,30,35)(H,31,34). The highest BCUT2D eigenvalue weighted by atomic mass is 16.2. The van der Waals surface area contributed by atoms with Gasteiger partial charge in [-0.25, -0.2) is 14.7 Å². The molecular formula is C27H36N6O2. The topological polar surface area (TPSA) is 89.6 Å². The van der Waals surface area contributed by atoms with Crippen molar-refractivity contribution >= 4 is 29.1 Å². The highest BCUT2D eigenvalue weighted by Gasteiger charge is 2.30. The molecule has 1 aromatic heterocycles. The van der Waals surface area contributed by atoms with E-state index in [2.05, 4.69) is 25.8 Å². The smallest absolute Gasteiger partial charge is 0.327 e.